The van der Waals surface area contributed by atoms with E-state index in [1.165, 1.54) is 6.20 Å². The summed E-state index contributed by atoms with van der Waals surface area (Å²) in [7, 11) is 1.72. The molecule has 6 heteroatoms. The molecule has 0 bridgehead atoms. The Bertz CT molecular complexity index is 462. The molecule has 1 fully saturated rings. The first-order chi connectivity index (χ1) is 9.11. The zero-order valence-electron chi connectivity index (χ0n) is 11.3. The summed E-state index contributed by atoms with van der Waals surface area (Å²) >= 11 is 0. The molecule has 0 spiro atoms. The fourth-order valence-electron chi connectivity index (χ4n) is 2.54. The molecule has 2 rings (SSSR count). The molecule has 0 N–H and O–H groups in total. The Morgan fingerprint density at radius 1 is 1.63 bits per heavy atom. The molecule has 19 heavy (non-hydrogen) atoms. The van der Waals surface area contributed by atoms with Gasteiger partial charge in [-0.05, 0) is 31.7 Å². The molecular formula is C13H19N3O3. The van der Waals surface area contributed by atoms with E-state index in [4.69, 9.17) is 4.74 Å². The Labute approximate surface area is 112 Å². The Kier molecular flexibility index (Phi) is 4.31. The largest absolute Gasteiger partial charge is 0.384 e. The van der Waals surface area contributed by atoms with Crippen LogP contribution in [0.15, 0.2) is 12.3 Å². The highest BCUT2D eigenvalue weighted by Crippen LogP contribution is 2.25. The highest BCUT2D eigenvalue weighted by Gasteiger charge is 2.22. The summed E-state index contributed by atoms with van der Waals surface area (Å²) in [5, 5.41) is 10.8. The van der Waals surface area contributed by atoms with E-state index < -0.39 is 4.92 Å². The quantitative estimate of drug-likeness (QED) is 0.616. The highest BCUT2D eigenvalue weighted by molar-refractivity contribution is 5.48. The summed E-state index contributed by atoms with van der Waals surface area (Å²) < 4.78 is 5.20. The van der Waals surface area contributed by atoms with Crippen LogP contribution in [0.25, 0.3) is 0 Å². The van der Waals surface area contributed by atoms with Crippen LogP contribution >= 0.6 is 0 Å². The third-order valence-corrected chi connectivity index (χ3v) is 3.51. The predicted octanol–water partition coefficient (Wildman–Crippen LogP) is 2.16. The molecule has 0 saturated carbocycles. The lowest BCUT2D eigenvalue weighted by atomic mass is 9.99. The van der Waals surface area contributed by atoms with Crippen LogP contribution in [0.4, 0.5) is 11.5 Å². The van der Waals surface area contributed by atoms with E-state index in [0.717, 1.165) is 38.4 Å². The van der Waals surface area contributed by atoms with E-state index >= 15 is 0 Å². The van der Waals surface area contributed by atoms with E-state index in [1.54, 1.807) is 20.1 Å². The first-order valence-electron chi connectivity index (χ1n) is 6.46. The monoisotopic (exact) mass is 265 g/mol. The number of hydrogen-bond donors (Lipinski definition) is 0. The van der Waals surface area contributed by atoms with Gasteiger partial charge in [-0.15, -0.1) is 0 Å². The minimum absolute atomic E-state index is 0.0780. The Morgan fingerprint density at radius 3 is 3.05 bits per heavy atom. The standard InChI is InChI=1S/C13H19N3O3/c1-10-6-13(14-7-12(10)16(17)18)15-5-3-4-11(8-15)9-19-2/h6-7,11H,3-5,8-9H2,1-2H3. The van der Waals surface area contributed by atoms with Crippen molar-refractivity contribution in [1.82, 2.24) is 4.98 Å². The van der Waals surface area contributed by atoms with Crippen LogP contribution < -0.4 is 4.90 Å². The van der Waals surface area contributed by atoms with Gasteiger partial charge in [-0.25, -0.2) is 4.98 Å². The number of hydrogen-bond acceptors (Lipinski definition) is 5. The van der Waals surface area contributed by atoms with Crippen LogP contribution in [-0.4, -0.2) is 36.7 Å². The second-order valence-corrected chi connectivity index (χ2v) is 5.00. The van der Waals surface area contributed by atoms with Crippen molar-refractivity contribution in [3.05, 3.63) is 27.9 Å². The molecule has 6 nitrogen and oxygen atoms in total. The number of pyridine rings is 1. The zero-order valence-corrected chi connectivity index (χ0v) is 11.3. The van der Waals surface area contributed by atoms with Gasteiger partial charge in [0.25, 0.3) is 5.69 Å². The van der Waals surface area contributed by atoms with E-state index in [1.807, 2.05) is 0 Å². The molecule has 0 aromatic carbocycles. The fourth-order valence-corrected chi connectivity index (χ4v) is 2.54. The maximum atomic E-state index is 10.8. The highest BCUT2D eigenvalue weighted by atomic mass is 16.6. The number of methoxy groups -OCH3 is 1. The number of nitro groups is 1. The fraction of sp³-hybridized carbons (Fsp3) is 0.615. The lowest BCUT2D eigenvalue weighted by Crippen LogP contribution is -2.37. The molecule has 0 amide bonds. The van der Waals surface area contributed by atoms with Gasteiger partial charge >= 0.3 is 0 Å². The van der Waals surface area contributed by atoms with Gasteiger partial charge in [-0.2, -0.15) is 0 Å². The summed E-state index contributed by atoms with van der Waals surface area (Å²) in [6, 6.07) is 1.80. The number of ether oxygens (including phenoxy) is 1. The molecule has 1 saturated heterocycles. The van der Waals surface area contributed by atoms with Crippen LogP contribution in [-0.2, 0) is 4.74 Å². The van der Waals surface area contributed by atoms with Gasteiger partial charge < -0.3 is 9.64 Å². The van der Waals surface area contributed by atoms with Crippen molar-refractivity contribution in [3.63, 3.8) is 0 Å². The molecule has 0 radical (unpaired) electrons. The normalized spacial score (nSPS) is 19.5. The lowest BCUT2D eigenvalue weighted by Gasteiger charge is -2.33. The smallest absolute Gasteiger partial charge is 0.290 e. The predicted molar refractivity (Wildman–Crippen MR) is 72.4 cm³/mol. The Hall–Kier alpha value is -1.69. The minimum atomic E-state index is -0.393. The first-order valence-corrected chi connectivity index (χ1v) is 6.46. The molecular weight excluding hydrogens is 246 g/mol. The molecule has 0 aliphatic carbocycles. The number of anilines is 1. The average molecular weight is 265 g/mol. The molecule has 1 aliphatic heterocycles. The number of piperidine rings is 1. The van der Waals surface area contributed by atoms with Gasteiger partial charge in [0.05, 0.1) is 11.5 Å². The van der Waals surface area contributed by atoms with Crippen LogP contribution in [0.5, 0.6) is 0 Å². The topological polar surface area (TPSA) is 68.5 Å². The summed E-state index contributed by atoms with van der Waals surface area (Å²) in [6.45, 7) is 4.35. The summed E-state index contributed by atoms with van der Waals surface area (Å²) in [5.74, 6) is 1.33. The van der Waals surface area contributed by atoms with E-state index in [0.29, 0.717) is 11.5 Å². The van der Waals surface area contributed by atoms with Gasteiger partial charge in [-0.1, -0.05) is 0 Å². The van der Waals surface area contributed by atoms with Gasteiger partial charge in [0.2, 0.25) is 0 Å². The van der Waals surface area contributed by atoms with Crippen LogP contribution in [0.1, 0.15) is 18.4 Å². The Morgan fingerprint density at radius 2 is 2.42 bits per heavy atom. The molecule has 1 atom stereocenters. The van der Waals surface area contributed by atoms with Crippen molar-refractivity contribution in [3.8, 4) is 0 Å². The van der Waals surface area contributed by atoms with Crippen molar-refractivity contribution >= 4 is 11.5 Å². The number of nitrogens with zero attached hydrogens (tertiary/aromatic N) is 3. The van der Waals surface area contributed by atoms with Crippen molar-refractivity contribution in [2.24, 2.45) is 5.92 Å². The van der Waals surface area contributed by atoms with Gasteiger partial charge in [0.15, 0.2) is 0 Å². The van der Waals surface area contributed by atoms with Gasteiger partial charge in [0.1, 0.15) is 12.0 Å². The minimum Gasteiger partial charge on any atom is -0.384 e. The van der Waals surface area contributed by atoms with Crippen molar-refractivity contribution in [2.75, 3.05) is 31.7 Å². The third-order valence-electron chi connectivity index (χ3n) is 3.51. The number of aryl methyl sites for hydroxylation is 1. The molecule has 1 aromatic rings. The van der Waals surface area contributed by atoms with Crippen LogP contribution in [0.2, 0.25) is 0 Å². The van der Waals surface area contributed by atoms with E-state index in [-0.39, 0.29) is 5.69 Å². The average Bonchev–Trinajstić information content (AvgIpc) is 2.39. The summed E-state index contributed by atoms with van der Waals surface area (Å²) in [4.78, 5) is 16.8. The maximum absolute atomic E-state index is 10.8. The Balaban J connectivity index is 2.13. The summed E-state index contributed by atoms with van der Waals surface area (Å²) in [5.41, 5.74) is 0.734. The molecule has 104 valence electrons. The van der Waals surface area contributed by atoms with Crippen molar-refractivity contribution < 1.29 is 9.66 Å². The molecule has 1 aromatic heterocycles. The zero-order chi connectivity index (χ0) is 13.8. The second kappa shape index (κ2) is 5.97. The first kappa shape index (κ1) is 13.7. The van der Waals surface area contributed by atoms with E-state index in [9.17, 15) is 10.1 Å². The molecule has 1 unspecified atom stereocenters. The van der Waals surface area contributed by atoms with Gasteiger partial charge in [0, 0.05) is 25.8 Å². The molecule has 1 aliphatic rings. The lowest BCUT2D eigenvalue weighted by molar-refractivity contribution is -0.385. The van der Waals surface area contributed by atoms with Crippen LogP contribution in [0.3, 0.4) is 0 Å². The second-order valence-electron chi connectivity index (χ2n) is 5.00. The van der Waals surface area contributed by atoms with Crippen LogP contribution in [0, 0.1) is 23.0 Å². The van der Waals surface area contributed by atoms with Crippen molar-refractivity contribution in [2.45, 2.75) is 19.8 Å². The van der Waals surface area contributed by atoms with Gasteiger partial charge in [-0.3, -0.25) is 10.1 Å². The maximum Gasteiger partial charge on any atom is 0.290 e. The molecule has 2 heterocycles. The third kappa shape index (κ3) is 3.20. The van der Waals surface area contributed by atoms with E-state index in [2.05, 4.69) is 9.88 Å². The SMILES string of the molecule is COCC1CCCN(c2cc(C)c([N+](=O)[O-])cn2)C1. The number of aromatic nitrogens is 1. The number of rotatable bonds is 4. The summed E-state index contributed by atoms with van der Waals surface area (Å²) in [6.07, 6.45) is 3.62. The van der Waals surface area contributed by atoms with Crippen molar-refractivity contribution in [1.29, 1.82) is 0 Å².